The van der Waals surface area contributed by atoms with Crippen molar-refractivity contribution in [1.29, 1.82) is 0 Å². The second kappa shape index (κ2) is 9.24. The lowest BCUT2D eigenvalue weighted by atomic mass is 9.96. The maximum atomic E-state index is 11.4. The number of amides is 2. The summed E-state index contributed by atoms with van der Waals surface area (Å²) in [7, 11) is 1.87. The third-order valence-corrected chi connectivity index (χ3v) is 2.02. The molecular formula is C11H24ClN3O2. The Kier molecular flexibility index (Phi) is 10.1. The summed E-state index contributed by atoms with van der Waals surface area (Å²) >= 11 is 0. The smallest absolute Gasteiger partial charge is 0.239 e. The lowest BCUT2D eigenvalue weighted by molar-refractivity contribution is -0.131. The fourth-order valence-electron chi connectivity index (χ4n) is 0.981. The molecule has 0 aromatic rings. The quantitative estimate of drug-likeness (QED) is 0.605. The van der Waals surface area contributed by atoms with Gasteiger partial charge in [-0.25, -0.2) is 0 Å². The molecule has 3 N–H and O–H groups in total. The Morgan fingerprint density at radius 1 is 1.06 bits per heavy atom. The van der Waals surface area contributed by atoms with Gasteiger partial charge in [0.15, 0.2) is 0 Å². The van der Waals surface area contributed by atoms with E-state index in [0.29, 0.717) is 6.54 Å². The predicted octanol–water partition coefficient (Wildman–Crippen LogP) is 0.296. The van der Waals surface area contributed by atoms with Gasteiger partial charge in [-0.1, -0.05) is 20.8 Å². The highest BCUT2D eigenvalue weighted by molar-refractivity contribution is 5.87. The molecule has 102 valence electrons. The number of halogens is 1. The lowest BCUT2D eigenvalue weighted by Gasteiger charge is -2.17. The molecule has 0 aliphatic rings. The largest absolute Gasteiger partial charge is 0.355 e. The van der Waals surface area contributed by atoms with Gasteiger partial charge in [-0.2, -0.15) is 0 Å². The van der Waals surface area contributed by atoms with Crippen LogP contribution in [0.25, 0.3) is 0 Å². The Morgan fingerprint density at radius 3 is 2.12 bits per heavy atom. The zero-order valence-corrected chi connectivity index (χ0v) is 11.9. The molecule has 2 amide bonds. The molecular weight excluding hydrogens is 242 g/mol. The van der Waals surface area contributed by atoms with Crippen LogP contribution < -0.4 is 16.0 Å². The zero-order chi connectivity index (χ0) is 12.6. The first-order valence-corrected chi connectivity index (χ1v) is 5.57. The Hall–Kier alpha value is -0.810. The van der Waals surface area contributed by atoms with E-state index in [1.165, 1.54) is 0 Å². The van der Waals surface area contributed by atoms with E-state index in [2.05, 4.69) is 16.0 Å². The Morgan fingerprint density at radius 2 is 1.65 bits per heavy atom. The van der Waals surface area contributed by atoms with E-state index < -0.39 is 5.41 Å². The fourth-order valence-corrected chi connectivity index (χ4v) is 0.981. The molecule has 0 rings (SSSR count). The number of hydrogen-bond donors (Lipinski definition) is 3. The Bertz CT molecular complexity index is 239. The molecule has 0 heterocycles. The average Bonchev–Trinajstić information content (AvgIpc) is 2.19. The standard InChI is InChI=1S/C11H23N3O2.ClH/c1-11(2,3)10(16)14-8-9(15)13-7-5-6-12-4;/h12H,5-8H2,1-4H3,(H,13,15)(H,14,16);1H. The molecule has 17 heavy (non-hydrogen) atoms. The first-order chi connectivity index (χ1) is 7.38. The highest BCUT2D eigenvalue weighted by Gasteiger charge is 2.21. The summed E-state index contributed by atoms with van der Waals surface area (Å²) in [6.45, 7) is 6.99. The van der Waals surface area contributed by atoms with Crippen LogP contribution in [0.15, 0.2) is 0 Å². The minimum absolute atomic E-state index is 0. The molecule has 0 radical (unpaired) electrons. The van der Waals surface area contributed by atoms with Gasteiger partial charge in [0.05, 0.1) is 6.54 Å². The van der Waals surface area contributed by atoms with E-state index in [1.807, 2.05) is 27.8 Å². The second-order valence-electron chi connectivity index (χ2n) is 4.74. The summed E-state index contributed by atoms with van der Waals surface area (Å²) in [6.07, 6.45) is 0.884. The molecule has 0 aliphatic carbocycles. The summed E-state index contributed by atoms with van der Waals surface area (Å²) in [5.41, 5.74) is -0.452. The van der Waals surface area contributed by atoms with E-state index in [-0.39, 0.29) is 30.8 Å². The first-order valence-electron chi connectivity index (χ1n) is 5.57. The SMILES string of the molecule is CNCCCNC(=O)CNC(=O)C(C)(C)C.Cl. The van der Waals surface area contributed by atoms with Crippen molar-refractivity contribution in [2.45, 2.75) is 27.2 Å². The van der Waals surface area contributed by atoms with Crippen molar-refractivity contribution >= 4 is 24.2 Å². The minimum Gasteiger partial charge on any atom is -0.355 e. The van der Waals surface area contributed by atoms with Crippen molar-refractivity contribution in [2.75, 3.05) is 26.7 Å². The minimum atomic E-state index is -0.452. The van der Waals surface area contributed by atoms with Crippen LogP contribution in [0.2, 0.25) is 0 Å². The van der Waals surface area contributed by atoms with Gasteiger partial charge in [-0.3, -0.25) is 9.59 Å². The van der Waals surface area contributed by atoms with E-state index in [9.17, 15) is 9.59 Å². The van der Waals surface area contributed by atoms with Gasteiger partial charge in [0.25, 0.3) is 0 Å². The summed E-state index contributed by atoms with van der Waals surface area (Å²) in [5.74, 6) is -0.258. The van der Waals surface area contributed by atoms with Gasteiger partial charge < -0.3 is 16.0 Å². The van der Waals surface area contributed by atoms with Crippen molar-refractivity contribution < 1.29 is 9.59 Å². The van der Waals surface area contributed by atoms with Crippen molar-refractivity contribution in [3.05, 3.63) is 0 Å². The van der Waals surface area contributed by atoms with Gasteiger partial charge in [-0.15, -0.1) is 12.4 Å². The molecule has 0 atom stereocenters. The maximum Gasteiger partial charge on any atom is 0.239 e. The lowest BCUT2D eigenvalue weighted by Crippen LogP contribution is -2.42. The van der Waals surface area contributed by atoms with Crippen LogP contribution in [0.1, 0.15) is 27.2 Å². The number of carbonyl (C=O) groups excluding carboxylic acids is 2. The molecule has 0 saturated carbocycles. The van der Waals surface area contributed by atoms with Crippen LogP contribution in [0, 0.1) is 5.41 Å². The van der Waals surface area contributed by atoms with Gasteiger partial charge in [-0.05, 0) is 20.0 Å². The van der Waals surface area contributed by atoms with Crippen LogP contribution in [0.3, 0.4) is 0 Å². The van der Waals surface area contributed by atoms with E-state index in [4.69, 9.17) is 0 Å². The zero-order valence-electron chi connectivity index (χ0n) is 11.1. The van der Waals surface area contributed by atoms with Crippen molar-refractivity contribution in [3.8, 4) is 0 Å². The van der Waals surface area contributed by atoms with Crippen molar-refractivity contribution in [3.63, 3.8) is 0 Å². The fraction of sp³-hybridized carbons (Fsp3) is 0.818. The van der Waals surface area contributed by atoms with Crippen LogP contribution in [-0.2, 0) is 9.59 Å². The summed E-state index contributed by atoms with van der Waals surface area (Å²) in [6, 6.07) is 0. The van der Waals surface area contributed by atoms with E-state index in [1.54, 1.807) is 0 Å². The molecule has 0 aromatic heterocycles. The normalized spacial score (nSPS) is 10.4. The molecule has 0 unspecified atom stereocenters. The van der Waals surface area contributed by atoms with E-state index in [0.717, 1.165) is 13.0 Å². The van der Waals surface area contributed by atoms with Crippen LogP contribution in [-0.4, -0.2) is 38.5 Å². The topological polar surface area (TPSA) is 70.2 Å². The molecule has 5 nitrogen and oxygen atoms in total. The molecule has 0 saturated heterocycles. The second-order valence-corrected chi connectivity index (χ2v) is 4.74. The van der Waals surface area contributed by atoms with E-state index >= 15 is 0 Å². The van der Waals surface area contributed by atoms with Gasteiger partial charge in [0, 0.05) is 12.0 Å². The monoisotopic (exact) mass is 265 g/mol. The van der Waals surface area contributed by atoms with Gasteiger partial charge in [0.1, 0.15) is 0 Å². The molecule has 0 bridgehead atoms. The molecule has 6 heteroatoms. The summed E-state index contributed by atoms with van der Waals surface area (Å²) in [5, 5.41) is 8.32. The predicted molar refractivity (Wildman–Crippen MR) is 71.3 cm³/mol. The Balaban J connectivity index is 0. The van der Waals surface area contributed by atoms with Crippen molar-refractivity contribution in [2.24, 2.45) is 5.41 Å². The first kappa shape index (κ1) is 18.6. The molecule has 0 aliphatic heterocycles. The van der Waals surface area contributed by atoms with Gasteiger partial charge in [0.2, 0.25) is 11.8 Å². The van der Waals surface area contributed by atoms with Crippen LogP contribution in [0.4, 0.5) is 0 Å². The maximum absolute atomic E-state index is 11.4. The average molecular weight is 266 g/mol. The Labute approximate surface area is 110 Å². The summed E-state index contributed by atoms with van der Waals surface area (Å²) in [4.78, 5) is 22.7. The molecule has 0 aromatic carbocycles. The van der Waals surface area contributed by atoms with Gasteiger partial charge >= 0.3 is 0 Å². The molecule has 0 fully saturated rings. The van der Waals surface area contributed by atoms with Crippen LogP contribution in [0.5, 0.6) is 0 Å². The number of hydrogen-bond acceptors (Lipinski definition) is 3. The highest BCUT2D eigenvalue weighted by Crippen LogP contribution is 2.11. The van der Waals surface area contributed by atoms with Crippen molar-refractivity contribution in [1.82, 2.24) is 16.0 Å². The third kappa shape index (κ3) is 10.1. The molecule has 0 spiro atoms. The number of rotatable bonds is 6. The summed E-state index contributed by atoms with van der Waals surface area (Å²) < 4.78 is 0. The third-order valence-electron chi connectivity index (χ3n) is 2.02. The highest BCUT2D eigenvalue weighted by atomic mass is 35.5. The number of nitrogens with one attached hydrogen (secondary N) is 3. The van der Waals surface area contributed by atoms with Crippen LogP contribution >= 0.6 is 12.4 Å². The number of carbonyl (C=O) groups is 2.